The molecule has 2 amide bonds. The molecule has 2 aromatic carbocycles. The lowest BCUT2D eigenvalue weighted by Gasteiger charge is -2.35. The average molecular weight is 555 g/mol. The molecule has 0 bridgehead atoms. The summed E-state index contributed by atoms with van der Waals surface area (Å²) >= 11 is 0. The first-order chi connectivity index (χ1) is 19.4. The maximum absolute atomic E-state index is 13.8. The zero-order valence-electron chi connectivity index (χ0n) is 25.0. The van der Waals surface area contributed by atoms with E-state index in [4.69, 9.17) is 18.9 Å². The molecule has 1 aliphatic rings. The number of benzene rings is 2. The van der Waals surface area contributed by atoms with Crippen molar-refractivity contribution in [2.45, 2.75) is 65.3 Å². The van der Waals surface area contributed by atoms with Crippen LogP contribution in [0.4, 0.5) is 0 Å². The van der Waals surface area contributed by atoms with Gasteiger partial charge < -0.3 is 28.7 Å². The predicted octanol–water partition coefficient (Wildman–Crippen LogP) is 5.61. The van der Waals surface area contributed by atoms with Crippen molar-refractivity contribution in [3.05, 3.63) is 47.5 Å². The highest BCUT2D eigenvalue weighted by atomic mass is 16.5. The topological polar surface area (TPSA) is 77.5 Å². The van der Waals surface area contributed by atoms with Crippen molar-refractivity contribution in [2.24, 2.45) is 5.92 Å². The molecule has 0 spiro atoms. The second-order valence-electron chi connectivity index (χ2n) is 10.5. The number of hydrogen-bond donors (Lipinski definition) is 0. The number of fused-ring (bicyclic) bond motifs is 1. The van der Waals surface area contributed by atoms with E-state index in [1.807, 2.05) is 53.1 Å². The molecule has 0 radical (unpaired) electrons. The van der Waals surface area contributed by atoms with Crippen molar-refractivity contribution in [3.63, 3.8) is 0 Å². The van der Waals surface area contributed by atoms with E-state index in [9.17, 15) is 9.59 Å². The third-order valence-corrected chi connectivity index (χ3v) is 7.66. The van der Waals surface area contributed by atoms with Crippen LogP contribution in [0, 0.1) is 5.92 Å². The number of para-hydroxylation sites is 1. The molecular formula is C32H46N2O6. The summed E-state index contributed by atoms with van der Waals surface area (Å²) < 4.78 is 22.9. The van der Waals surface area contributed by atoms with Crippen LogP contribution >= 0.6 is 0 Å². The zero-order valence-corrected chi connectivity index (χ0v) is 25.0. The Morgan fingerprint density at radius 3 is 2.30 bits per heavy atom. The average Bonchev–Trinajstić information content (AvgIpc) is 2.97. The van der Waals surface area contributed by atoms with Crippen LogP contribution in [0.2, 0.25) is 0 Å². The molecule has 0 aliphatic carbocycles. The molecule has 8 nitrogen and oxygen atoms in total. The van der Waals surface area contributed by atoms with Gasteiger partial charge in [-0.05, 0) is 55.9 Å². The van der Waals surface area contributed by atoms with Crippen LogP contribution in [0.3, 0.4) is 0 Å². The lowest BCUT2D eigenvalue weighted by Crippen LogP contribution is -2.47. The normalized spacial score (nSPS) is 17.1. The molecular weight excluding hydrogens is 508 g/mol. The van der Waals surface area contributed by atoms with Gasteiger partial charge >= 0.3 is 0 Å². The molecule has 1 atom stereocenters. The summed E-state index contributed by atoms with van der Waals surface area (Å²) in [7, 11) is 4.76. The van der Waals surface area contributed by atoms with E-state index in [1.165, 1.54) is 0 Å². The Balaban J connectivity index is 1.85. The molecule has 1 heterocycles. The molecule has 1 aliphatic heterocycles. The molecule has 0 unspecified atom stereocenters. The molecule has 0 saturated heterocycles. The van der Waals surface area contributed by atoms with E-state index in [1.54, 1.807) is 21.3 Å². The van der Waals surface area contributed by atoms with Gasteiger partial charge in [0.15, 0.2) is 11.5 Å². The van der Waals surface area contributed by atoms with Gasteiger partial charge in [0.1, 0.15) is 12.4 Å². The van der Waals surface area contributed by atoms with Crippen molar-refractivity contribution >= 4 is 11.8 Å². The lowest BCUT2D eigenvalue weighted by atomic mass is 10.0. The van der Waals surface area contributed by atoms with Crippen molar-refractivity contribution in [1.29, 1.82) is 0 Å². The number of ether oxygens (including phenoxy) is 4. The Morgan fingerprint density at radius 2 is 1.65 bits per heavy atom. The molecule has 3 rings (SSSR count). The first kappa shape index (κ1) is 31.1. The van der Waals surface area contributed by atoms with Gasteiger partial charge in [-0.1, -0.05) is 44.9 Å². The summed E-state index contributed by atoms with van der Waals surface area (Å²) in [4.78, 5) is 31.0. The van der Waals surface area contributed by atoms with Gasteiger partial charge in [0, 0.05) is 26.1 Å². The highest BCUT2D eigenvalue weighted by Crippen LogP contribution is 2.40. The molecule has 2 aromatic rings. The van der Waals surface area contributed by atoms with E-state index in [2.05, 4.69) is 13.8 Å². The van der Waals surface area contributed by atoms with Crippen LogP contribution in [-0.4, -0.2) is 75.2 Å². The van der Waals surface area contributed by atoms with Gasteiger partial charge in [-0.3, -0.25) is 9.59 Å². The monoisotopic (exact) mass is 554 g/mol. The summed E-state index contributed by atoms with van der Waals surface area (Å²) in [5.41, 5.74) is 1.46. The van der Waals surface area contributed by atoms with Crippen LogP contribution in [0.15, 0.2) is 36.4 Å². The highest BCUT2D eigenvalue weighted by Gasteiger charge is 2.28. The number of carbonyl (C=O) groups excluding carboxylic acids is 2. The Bertz CT molecular complexity index is 1120. The SMILES string of the molecule is CCN1CCCCCCN(C(=O)CCc2ccc(OC)c(OC)c2OC)[C@@H](C(C)C)COc2ccccc2C1=O. The molecule has 40 heavy (non-hydrogen) atoms. The van der Waals surface area contributed by atoms with Gasteiger partial charge in [0.25, 0.3) is 5.91 Å². The predicted molar refractivity (Wildman–Crippen MR) is 157 cm³/mol. The number of aryl methyl sites for hydroxylation is 1. The molecule has 0 N–H and O–H groups in total. The third kappa shape index (κ3) is 7.61. The van der Waals surface area contributed by atoms with Crippen LogP contribution in [0.25, 0.3) is 0 Å². The van der Waals surface area contributed by atoms with Crippen LogP contribution in [0.1, 0.15) is 68.8 Å². The standard InChI is InChI=1S/C32H46N2O6/c1-7-33-20-12-8-9-13-21-34(26(23(2)3)22-40-27-15-11-10-14-25(27)32(33)36)29(35)19-17-24-16-18-28(37-4)31(39-6)30(24)38-5/h10-11,14-16,18,23,26H,7-9,12-13,17,19-22H2,1-6H3/t26-/m1/s1. The minimum Gasteiger partial charge on any atom is -0.493 e. The minimum absolute atomic E-state index is 0.00643. The first-order valence-corrected chi connectivity index (χ1v) is 14.4. The fraction of sp³-hybridized carbons (Fsp3) is 0.562. The van der Waals surface area contributed by atoms with Gasteiger partial charge in [0.05, 0.1) is 32.9 Å². The Kier molecular flexibility index (Phi) is 12.0. The summed E-state index contributed by atoms with van der Waals surface area (Å²) in [6, 6.07) is 11.1. The van der Waals surface area contributed by atoms with E-state index in [0.29, 0.717) is 67.6 Å². The van der Waals surface area contributed by atoms with Crippen LogP contribution in [-0.2, 0) is 11.2 Å². The third-order valence-electron chi connectivity index (χ3n) is 7.66. The maximum Gasteiger partial charge on any atom is 0.257 e. The summed E-state index contributed by atoms with van der Waals surface area (Å²) in [5.74, 6) is 2.50. The maximum atomic E-state index is 13.8. The molecule has 0 saturated carbocycles. The Hall–Kier alpha value is -3.42. The van der Waals surface area contributed by atoms with E-state index < -0.39 is 0 Å². The number of nitrogens with zero attached hydrogens (tertiary/aromatic N) is 2. The molecule has 8 heteroatoms. The second kappa shape index (κ2) is 15.4. The molecule has 220 valence electrons. The van der Waals surface area contributed by atoms with Crippen molar-refractivity contribution in [1.82, 2.24) is 9.80 Å². The summed E-state index contributed by atoms with van der Waals surface area (Å²) in [5, 5.41) is 0. The molecule has 0 fully saturated rings. The number of amides is 2. The van der Waals surface area contributed by atoms with E-state index >= 15 is 0 Å². The largest absolute Gasteiger partial charge is 0.493 e. The summed E-state index contributed by atoms with van der Waals surface area (Å²) in [6.07, 6.45) is 4.69. The first-order valence-electron chi connectivity index (χ1n) is 14.4. The number of hydrogen-bond acceptors (Lipinski definition) is 6. The number of rotatable bonds is 8. The zero-order chi connectivity index (χ0) is 29.1. The van der Waals surface area contributed by atoms with Crippen molar-refractivity contribution in [3.8, 4) is 23.0 Å². The van der Waals surface area contributed by atoms with Crippen molar-refractivity contribution < 1.29 is 28.5 Å². The van der Waals surface area contributed by atoms with Gasteiger partial charge in [-0.25, -0.2) is 0 Å². The lowest BCUT2D eigenvalue weighted by molar-refractivity contribution is -0.135. The summed E-state index contributed by atoms with van der Waals surface area (Å²) in [6.45, 7) is 8.62. The minimum atomic E-state index is -0.131. The second-order valence-corrected chi connectivity index (χ2v) is 10.5. The van der Waals surface area contributed by atoms with Gasteiger partial charge in [0.2, 0.25) is 11.7 Å². The number of carbonyl (C=O) groups is 2. The van der Waals surface area contributed by atoms with Crippen LogP contribution < -0.4 is 18.9 Å². The number of methoxy groups -OCH3 is 3. The van der Waals surface area contributed by atoms with Crippen molar-refractivity contribution in [2.75, 3.05) is 47.6 Å². The molecule has 0 aromatic heterocycles. The Morgan fingerprint density at radius 1 is 0.950 bits per heavy atom. The smallest absolute Gasteiger partial charge is 0.257 e. The van der Waals surface area contributed by atoms with E-state index in [-0.39, 0.29) is 23.8 Å². The fourth-order valence-corrected chi connectivity index (χ4v) is 5.32. The highest BCUT2D eigenvalue weighted by molar-refractivity contribution is 5.97. The fourth-order valence-electron chi connectivity index (χ4n) is 5.32. The van der Waals surface area contributed by atoms with E-state index in [0.717, 1.165) is 31.2 Å². The Labute approximate surface area is 239 Å². The van der Waals surface area contributed by atoms with Gasteiger partial charge in [-0.2, -0.15) is 0 Å². The van der Waals surface area contributed by atoms with Gasteiger partial charge in [-0.15, -0.1) is 0 Å². The van der Waals surface area contributed by atoms with Crippen LogP contribution in [0.5, 0.6) is 23.0 Å². The quantitative estimate of drug-likeness (QED) is 0.422.